The largest absolute Gasteiger partial charge is 0.483 e. The minimum Gasteiger partial charge on any atom is -0.483 e. The summed E-state index contributed by atoms with van der Waals surface area (Å²) in [5.74, 6) is -0.369. The van der Waals surface area contributed by atoms with Crippen molar-refractivity contribution in [2.24, 2.45) is 0 Å². The molecule has 1 N–H and O–H groups in total. The fourth-order valence-corrected chi connectivity index (χ4v) is 2.63. The van der Waals surface area contributed by atoms with Crippen LogP contribution < -0.4 is 4.74 Å². The molecule has 2 rings (SSSR count). The van der Waals surface area contributed by atoms with E-state index in [2.05, 4.69) is 25.8 Å². The van der Waals surface area contributed by atoms with E-state index in [1.54, 1.807) is 12.1 Å². The molecule has 0 radical (unpaired) electrons. The second kappa shape index (κ2) is 5.89. The van der Waals surface area contributed by atoms with Gasteiger partial charge in [0.2, 0.25) is 0 Å². The molecule has 0 fully saturated rings. The summed E-state index contributed by atoms with van der Waals surface area (Å²) in [4.78, 5) is 4.49. The van der Waals surface area contributed by atoms with E-state index in [-0.39, 0.29) is 24.4 Å². The van der Waals surface area contributed by atoms with E-state index >= 15 is 0 Å². The molecule has 108 valence electrons. The average molecular weight is 295 g/mol. The molecule has 1 aromatic heterocycles. The van der Waals surface area contributed by atoms with Crippen LogP contribution in [0.15, 0.2) is 23.6 Å². The first kappa shape index (κ1) is 14.9. The van der Waals surface area contributed by atoms with E-state index in [0.717, 1.165) is 10.7 Å². The number of hydrogen-bond acceptors (Lipinski definition) is 4. The van der Waals surface area contributed by atoms with Crippen molar-refractivity contribution in [3.8, 4) is 5.75 Å². The van der Waals surface area contributed by atoms with E-state index in [1.165, 1.54) is 17.4 Å². The molecule has 0 aliphatic rings. The quantitative estimate of drug-likeness (QED) is 0.936. The summed E-state index contributed by atoms with van der Waals surface area (Å²) in [5.41, 5.74) is 1.43. The lowest BCUT2D eigenvalue weighted by atomic mass is 9.93. The Balaban J connectivity index is 2.11. The normalized spacial score (nSPS) is 11.7. The second-order valence-corrected chi connectivity index (χ2v) is 6.49. The van der Waals surface area contributed by atoms with Crippen molar-refractivity contribution in [3.63, 3.8) is 0 Å². The highest BCUT2D eigenvalue weighted by molar-refractivity contribution is 7.09. The molecule has 0 saturated carbocycles. The fraction of sp³-hybridized carbons (Fsp3) is 0.400. The Morgan fingerprint density at radius 1 is 1.35 bits per heavy atom. The van der Waals surface area contributed by atoms with E-state index in [0.29, 0.717) is 5.56 Å². The van der Waals surface area contributed by atoms with Crippen molar-refractivity contribution in [2.45, 2.75) is 39.4 Å². The lowest BCUT2D eigenvalue weighted by Crippen LogP contribution is -2.11. The topological polar surface area (TPSA) is 42.4 Å². The van der Waals surface area contributed by atoms with Gasteiger partial charge in [0.1, 0.15) is 11.6 Å². The predicted octanol–water partition coefficient (Wildman–Crippen LogP) is 3.65. The molecule has 0 spiro atoms. The van der Waals surface area contributed by atoms with Crippen molar-refractivity contribution in [3.05, 3.63) is 45.7 Å². The summed E-state index contributed by atoms with van der Waals surface area (Å²) in [7, 11) is 0. The Bertz CT molecular complexity index is 590. The molecule has 1 heterocycles. The Kier molecular flexibility index (Phi) is 4.40. The number of benzene rings is 1. The van der Waals surface area contributed by atoms with Gasteiger partial charge in [0.05, 0.1) is 12.3 Å². The molecule has 0 unspecified atom stereocenters. The summed E-state index contributed by atoms with van der Waals surface area (Å²) in [5, 5.41) is 12.0. The van der Waals surface area contributed by atoms with Gasteiger partial charge in [0, 0.05) is 16.4 Å². The van der Waals surface area contributed by atoms with Crippen LogP contribution in [0.5, 0.6) is 5.75 Å². The smallest absolute Gasteiger partial charge is 0.165 e. The number of halogens is 1. The van der Waals surface area contributed by atoms with Crippen LogP contribution in [-0.4, -0.2) is 10.1 Å². The Morgan fingerprint density at radius 2 is 2.10 bits per heavy atom. The number of aliphatic hydroxyl groups is 1. The third kappa shape index (κ3) is 3.35. The molecular weight excluding hydrogens is 277 g/mol. The molecule has 20 heavy (non-hydrogen) atoms. The van der Waals surface area contributed by atoms with Crippen molar-refractivity contribution >= 4 is 11.3 Å². The zero-order chi connectivity index (χ0) is 14.8. The lowest BCUT2D eigenvalue weighted by Gasteiger charge is -2.14. The minimum atomic E-state index is -0.468. The van der Waals surface area contributed by atoms with Gasteiger partial charge in [-0.25, -0.2) is 9.37 Å². The number of aliphatic hydroxyl groups excluding tert-OH is 1. The Morgan fingerprint density at radius 3 is 2.70 bits per heavy atom. The zero-order valence-electron chi connectivity index (χ0n) is 11.8. The summed E-state index contributed by atoms with van der Waals surface area (Å²) in [6.07, 6.45) is 0. The van der Waals surface area contributed by atoms with Crippen LogP contribution in [0.4, 0.5) is 4.39 Å². The van der Waals surface area contributed by atoms with Crippen molar-refractivity contribution < 1.29 is 14.2 Å². The highest BCUT2D eigenvalue weighted by atomic mass is 32.1. The number of ether oxygens (including phenoxy) is 1. The van der Waals surface area contributed by atoms with Gasteiger partial charge in [0.25, 0.3) is 0 Å². The van der Waals surface area contributed by atoms with Crippen LogP contribution in [0.25, 0.3) is 0 Å². The van der Waals surface area contributed by atoms with Gasteiger partial charge in [-0.15, -0.1) is 11.3 Å². The van der Waals surface area contributed by atoms with E-state index < -0.39 is 5.82 Å². The van der Waals surface area contributed by atoms with Gasteiger partial charge in [-0.2, -0.15) is 0 Å². The van der Waals surface area contributed by atoms with E-state index in [1.807, 2.05) is 5.38 Å². The number of thiazole rings is 1. The third-order valence-electron chi connectivity index (χ3n) is 2.88. The van der Waals surface area contributed by atoms with Crippen LogP contribution in [0.1, 0.15) is 37.0 Å². The van der Waals surface area contributed by atoms with Gasteiger partial charge in [-0.05, 0) is 6.07 Å². The molecule has 0 saturated heterocycles. The number of nitrogens with zero attached hydrogens (tertiary/aromatic N) is 1. The van der Waals surface area contributed by atoms with Gasteiger partial charge < -0.3 is 9.84 Å². The lowest BCUT2D eigenvalue weighted by molar-refractivity contribution is 0.251. The van der Waals surface area contributed by atoms with Crippen molar-refractivity contribution in [2.75, 3.05) is 0 Å². The molecular formula is C15H18FNO2S. The summed E-state index contributed by atoms with van der Waals surface area (Å²) >= 11 is 1.49. The maximum Gasteiger partial charge on any atom is 0.165 e. The highest BCUT2D eigenvalue weighted by Crippen LogP contribution is 2.27. The fourth-order valence-electron chi connectivity index (χ4n) is 1.70. The van der Waals surface area contributed by atoms with Gasteiger partial charge in [-0.1, -0.05) is 32.9 Å². The van der Waals surface area contributed by atoms with E-state index in [4.69, 9.17) is 4.74 Å². The molecule has 3 nitrogen and oxygen atoms in total. The van der Waals surface area contributed by atoms with Crippen molar-refractivity contribution in [1.29, 1.82) is 0 Å². The Labute approximate surface area is 122 Å². The predicted molar refractivity (Wildman–Crippen MR) is 77.5 cm³/mol. The first-order valence-corrected chi connectivity index (χ1v) is 7.25. The third-order valence-corrected chi connectivity index (χ3v) is 3.70. The van der Waals surface area contributed by atoms with Crippen LogP contribution >= 0.6 is 11.3 Å². The number of para-hydroxylation sites is 1. The van der Waals surface area contributed by atoms with Gasteiger partial charge in [-0.3, -0.25) is 0 Å². The molecule has 1 aromatic carbocycles. The standard InChI is InChI=1S/C15H18FNO2S/c1-15(2,3)12-9-20-13(17-12)8-19-14-10(7-18)5-4-6-11(14)16/h4-6,9,18H,7-8H2,1-3H3. The number of rotatable bonds is 4. The average Bonchev–Trinajstić information content (AvgIpc) is 2.85. The monoisotopic (exact) mass is 295 g/mol. The van der Waals surface area contributed by atoms with Crippen LogP contribution in [0.3, 0.4) is 0 Å². The van der Waals surface area contributed by atoms with Crippen LogP contribution in [0.2, 0.25) is 0 Å². The van der Waals surface area contributed by atoms with E-state index in [9.17, 15) is 9.50 Å². The SMILES string of the molecule is CC(C)(C)c1csc(COc2c(F)cccc2CO)n1. The van der Waals surface area contributed by atoms with Crippen LogP contribution in [0, 0.1) is 5.82 Å². The molecule has 0 bridgehead atoms. The summed E-state index contributed by atoms with van der Waals surface area (Å²) in [6.45, 7) is 6.22. The maximum absolute atomic E-state index is 13.7. The first-order valence-electron chi connectivity index (χ1n) is 6.37. The van der Waals surface area contributed by atoms with Gasteiger partial charge >= 0.3 is 0 Å². The number of hydrogen-bond donors (Lipinski definition) is 1. The second-order valence-electron chi connectivity index (χ2n) is 5.55. The maximum atomic E-state index is 13.7. The summed E-state index contributed by atoms with van der Waals surface area (Å²) in [6, 6.07) is 4.51. The molecule has 0 aliphatic carbocycles. The van der Waals surface area contributed by atoms with Crippen molar-refractivity contribution in [1.82, 2.24) is 4.98 Å². The molecule has 0 atom stereocenters. The molecule has 0 aliphatic heterocycles. The number of aromatic nitrogens is 1. The highest BCUT2D eigenvalue weighted by Gasteiger charge is 2.18. The molecule has 0 amide bonds. The van der Waals surface area contributed by atoms with Gasteiger partial charge in [0.15, 0.2) is 11.6 Å². The first-order chi connectivity index (χ1) is 9.41. The zero-order valence-corrected chi connectivity index (χ0v) is 12.6. The Hall–Kier alpha value is -1.46. The molecule has 2 aromatic rings. The summed E-state index contributed by atoms with van der Waals surface area (Å²) < 4.78 is 19.2. The van der Waals surface area contributed by atoms with Crippen LogP contribution in [-0.2, 0) is 18.6 Å². The molecule has 5 heteroatoms. The minimum absolute atomic E-state index is 0.0109.